The average Bonchev–Trinajstić information content (AvgIpc) is 2.98. The molecule has 1 atom stereocenters. The largest absolute Gasteiger partial charge is 0.373 e. The number of pyridine rings is 1. The number of halogens is 3. The lowest BCUT2D eigenvalue weighted by Crippen LogP contribution is -2.42. The number of nitrogens with one attached hydrogen (secondary N) is 1. The summed E-state index contributed by atoms with van der Waals surface area (Å²) in [6.07, 6.45) is 2.53. The molecule has 1 spiro atoms. The van der Waals surface area contributed by atoms with Gasteiger partial charge in [0.1, 0.15) is 17.1 Å². The van der Waals surface area contributed by atoms with E-state index in [1.165, 1.54) is 0 Å². The first-order chi connectivity index (χ1) is 12.3. The molecular formula is C19H16F3N3O. The minimum Gasteiger partial charge on any atom is -0.373 e. The van der Waals surface area contributed by atoms with Crippen LogP contribution in [0.5, 0.6) is 0 Å². The van der Waals surface area contributed by atoms with E-state index < -0.39 is 28.6 Å². The van der Waals surface area contributed by atoms with Gasteiger partial charge in [-0.05, 0) is 42.2 Å². The van der Waals surface area contributed by atoms with Crippen LogP contribution in [0.15, 0.2) is 35.5 Å². The maximum absolute atomic E-state index is 14.4. The SMILES string of the molecule is CNC1=NC(=O)C2(CCc3ncccc32)c2cc(C(C)(F)F)c(F)cc21. The van der Waals surface area contributed by atoms with Gasteiger partial charge in [-0.3, -0.25) is 9.78 Å². The molecule has 1 amide bonds. The molecule has 0 saturated heterocycles. The number of hydrogen-bond acceptors (Lipinski definition) is 3. The second-order valence-electron chi connectivity index (χ2n) is 6.68. The summed E-state index contributed by atoms with van der Waals surface area (Å²) in [7, 11) is 1.55. The summed E-state index contributed by atoms with van der Waals surface area (Å²) in [4.78, 5) is 21.4. The highest BCUT2D eigenvalue weighted by Crippen LogP contribution is 2.48. The predicted octanol–water partition coefficient (Wildman–Crippen LogP) is 3.07. The highest BCUT2D eigenvalue weighted by Gasteiger charge is 2.51. The van der Waals surface area contributed by atoms with E-state index in [1.807, 2.05) is 0 Å². The van der Waals surface area contributed by atoms with Gasteiger partial charge in [0.2, 0.25) is 0 Å². The van der Waals surface area contributed by atoms with Crippen LogP contribution in [0.4, 0.5) is 13.2 Å². The number of amides is 1. The van der Waals surface area contributed by atoms with Gasteiger partial charge in [-0.15, -0.1) is 0 Å². The Balaban J connectivity index is 2.07. The Morgan fingerprint density at radius 3 is 2.73 bits per heavy atom. The molecule has 1 aliphatic carbocycles. The number of aromatic nitrogens is 1. The van der Waals surface area contributed by atoms with E-state index in [1.54, 1.807) is 25.4 Å². The van der Waals surface area contributed by atoms with E-state index in [9.17, 15) is 18.0 Å². The van der Waals surface area contributed by atoms with Crippen molar-refractivity contribution in [1.82, 2.24) is 10.3 Å². The third-order valence-corrected chi connectivity index (χ3v) is 5.20. The summed E-state index contributed by atoms with van der Waals surface area (Å²) in [5, 5.41) is 2.77. The molecule has 4 rings (SSSR count). The first-order valence-corrected chi connectivity index (χ1v) is 8.27. The van der Waals surface area contributed by atoms with Gasteiger partial charge < -0.3 is 5.32 Å². The first kappa shape index (κ1) is 16.8. The van der Waals surface area contributed by atoms with Crippen LogP contribution in [0.2, 0.25) is 0 Å². The summed E-state index contributed by atoms with van der Waals surface area (Å²) in [6, 6.07) is 5.63. The van der Waals surface area contributed by atoms with Crippen LogP contribution < -0.4 is 5.32 Å². The predicted molar refractivity (Wildman–Crippen MR) is 89.9 cm³/mol. The average molecular weight is 359 g/mol. The van der Waals surface area contributed by atoms with Crippen LogP contribution in [0.1, 0.15) is 41.3 Å². The standard InChI is InChI=1S/C19H16F3N3O/c1-18(21,22)13-9-12-10(8-14(13)20)16(23-2)25-17(26)19(12)6-5-15-11(19)4-3-7-24-15/h3-4,7-9H,5-6H2,1-2H3,(H,23,25,26). The third kappa shape index (κ3) is 2.12. The summed E-state index contributed by atoms with van der Waals surface area (Å²) < 4.78 is 42.3. The van der Waals surface area contributed by atoms with E-state index in [2.05, 4.69) is 15.3 Å². The Hall–Kier alpha value is -2.70. The van der Waals surface area contributed by atoms with Crippen molar-refractivity contribution in [3.63, 3.8) is 0 Å². The van der Waals surface area contributed by atoms with Crippen molar-refractivity contribution in [1.29, 1.82) is 0 Å². The van der Waals surface area contributed by atoms with Gasteiger partial charge in [0.05, 0.1) is 5.56 Å². The molecular weight excluding hydrogens is 343 g/mol. The highest BCUT2D eigenvalue weighted by atomic mass is 19.3. The summed E-state index contributed by atoms with van der Waals surface area (Å²) in [5.74, 6) is -4.65. The zero-order valence-electron chi connectivity index (χ0n) is 14.2. The van der Waals surface area contributed by atoms with E-state index in [0.29, 0.717) is 36.5 Å². The summed E-state index contributed by atoms with van der Waals surface area (Å²) >= 11 is 0. The molecule has 1 unspecified atom stereocenters. The van der Waals surface area contributed by atoms with Gasteiger partial charge in [-0.25, -0.2) is 13.2 Å². The number of carbonyl (C=O) groups is 1. The smallest absolute Gasteiger partial charge is 0.273 e. The molecule has 4 nitrogen and oxygen atoms in total. The number of carbonyl (C=O) groups excluding carboxylic acids is 1. The second kappa shape index (κ2) is 5.40. The van der Waals surface area contributed by atoms with Crippen LogP contribution in [-0.4, -0.2) is 23.8 Å². The van der Waals surface area contributed by atoms with Crippen molar-refractivity contribution in [2.24, 2.45) is 4.99 Å². The van der Waals surface area contributed by atoms with Gasteiger partial charge in [-0.2, -0.15) is 4.99 Å². The molecule has 1 aliphatic heterocycles. The van der Waals surface area contributed by atoms with Gasteiger partial charge >= 0.3 is 0 Å². The van der Waals surface area contributed by atoms with E-state index in [4.69, 9.17) is 0 Å². The van der Waals surface area contributed by atoms with Crippen LogP contribution >= 0.6 is 0 Å². The quantitative estimate of drug-likeness (QED) is 0.851. The molecule has 7 heteroatoms. The summed E-state index contributed by atoms with van der Waals surface area (Å²) in [6.45, 7) is 0.645. The second-order valence-corrected chi connectivity index (χ2v) is 6.68. The maximum atomic E-state index is 14.4. The first-order valence-electron chi connectivity index (χ1n) is 8.27. The fourth-order valence-electron chi connectivity index (χ4n) is 3.99. The Morgan fingerprint density at radius 1 is 1.27 bits per heavy atom. The van der Waals surface area contributed by atoms with Crippen LogP contribution in [0.25, 0.3) is 0 Å². The number of rotatable bonds is 1. The number of benzene rings is 1. The number of fused-ring (bicyclic) bond motifs is 4. The van der Waals surface area contributed by atoms with E-state index >= 15 is 0 Å². The van der Waals surface area contributed by atoms with Crippen molar-refractivity contribution in [3.8, 4) is 0 Å². The van der Waals surface area contributed by atoms with Crippen LogP contribution in [-0.2, 0) is 22.6 Å². The zero-order valence-corrected chi connectivity index (χ0v) is 14.2. The minimum absolute atomic E-state index is 0.179. The van der Waals surface area contributed by atoms with Crippen molar-refractivity contribution in [2.45, 2.75) is 31.1 Å². The molecule has 0 fully saturated rings. The monoisotopic (exact) mass is 359 g/mol. The molecule has 1 aromatic heterocycles. The molecule has 0 radical (unpaired) electrons. The maximum Gasteiger partial charge on any atom is 0.273 e. The molecule has 134 valence electrons. The number of nitrogens with zero attached hydrogens (tertiary/aromatic N) is 2. The van der Waals surface area contributed by atoms with Crippen LogP contribution in [0.3, 0.4) is 0 Å². The van der Waals surface area contributed by atoms with E-state index in [-0.39, 0.29) is 5.84 Å². The van der Waals surface area contributed by atoms with Crippen LogP contribution in [0, 0.1) is 5.82 Å². The number of amidine groups is 1. The molecule has 0 bridgehead atoms. The third-order valence-electron chi connectivity index (χ3n) is 5.20. The normalized spacial score (nSPS) is 21.4. The molecule has 2 aliphatic rings. The Bertz CT molecular complexity index is 965. The number of aryl methyl sites for hydroxylation is 1. The zero-order chi connectivity index (χ0) is 18.7. The van der Waals surface area contributed by atoms with Crippen molar-refractivity contribution in [3.05, 3.63) is 64.2 Å². The molecule has 2 heterocycles. The fourth-order valence-corrected chi connectivity index (χ4v) is 3.99. The van der Waals surface area contributed by atoms with E-state index in [0.717, 1.165) is 17.8 Å². The molecule has 0 saturated carbocycles. The molecule has 1 N–H and O–H groups in total. The van der Waals surface area contributed by atoms with Gasteiger partial charge in [0.15, 0.2) is 0 Å². The Kier molecular flexibility index (Phi) is 3.48. The molecule has 1 aromatic carbocycles. The minimum atomic E-state index is -3.37. The van der Waals surface area contributed by atoms with Crippen molar-refractivity contribution < 1.29 is 18.0 Å². The van der Waals surface area contributed by atoms with Gasteiger partial charge in [0.25, 0.3) is 11.8 Å². The van der Waals surface area contributed by atoms with Gasteiger partial charge in [0, 0.05) is 31.4 Å². The summed E-state index contributed by atoms with van der Waals surface area (Å²) in [5.41, 5.74) is 0.151. The van der Waals surface area contributed by atoms with Gasteiger partial charge in [-0.1, -0.05) is 6.07 Å². The number of aliphatic imine (C=N–C) groups is 1. The lowest BCUT2D eigenvalue weighted by atomic mass is 9.71. The number of hydrogen-bond donors (Lipinski definition) is 1. The topological polar surface area (TPSA) is 54.4 Å². The fraction of sp³-hybridized carbons (Fsp3) is 0.316. The molecule has 2 aromatic rings. The highest BCUT2D eigenvalue weighted by molar-refractivity contribution is 6.14. The van der Waals surface area contributed by atoms with Crippen molar-refractivity contribution >= 4 is 11.7 Å². The Labute approximate surface area is 148 Å². The van der Waals surface area contributed by atoms with Crippen molar-refractivity contribution in [2.75, 3.05) is 7.05 Å². The lowest BCUT2D eigenvalue weighted by molar-refractivity contribution is -0.122. The molecule has 26 heavy (non-hydrogen) atoms. The number of alkyl halides is 2. The Morgan fingerprint density at radius 2 is 2.04 bits per heavy atom. The lowest BCUT2D eigenvalue weighted by Gasteiger charge is -2.34.